The van der Waals surface area contributed by atoms with E-state index in [1.165, 1.54) is 14.1 Å². The third-order valence-corrected chi connectivity index (χ3v) is 16.1. The lowest BCUT2D eigenvalue weighted by Gasteiger charge is -2.29. The Morgan fingerprint density at radius 1 is 0.463 bits per heavy atom. The number of halogens is 6. The molecule has 0 saturated carbocycles. The van der Waals surface area contributed by atoms with Crippen molar-refractivity contribution < 1.29 is 90.0 Å². The van der Waals surface area contributed by atoms with Crippen molar-refractivity contribution in [2.24, 2.45) is 0 Å². The van der Waals surface area contributed by atoms with Crippen molar-refractivity contribution in [1.29, 1.82) is 0 Å². The molecule has 2 rings (SSSR count). The summed E-state index contributed by atoms with van der Waals surface area (Å²) in [4.78, 5) is 72.1. The summed E-state index contributed by atoms with van der Waals surface area (Å²) in [7, 11) is 2.53. The first-order valence-electron chi connectivity index (χ1n) is 19.3. The molecule has 8 unspecified atom stereocenters. The minimum Gasteiger partial charge on any atom is -0.476 e. The molecule has 30 heteroatoms. The van der Waals surface area contributed by atoms with Gasteiger partial charge in [0.15, 0.2) is 5.75 Å². The highest BCUT2D eigenvalue weighted by Gasteiger charge is 2.36. The number of benzene rings is 2. The molecule has 378 valence electrons. The molecule has 8 atom stereocenters. The van der Waals surface area contributed by atoms with E-state index in [0.717, 1.165) is 9.80 Å². The predicted octanol–water partition coefficient (Wildman–Crippen LogP) is -3.70. The average Bonchev–Trinajstić information content (AvgIpc) is 3.29. The van der Waals surface area contributed by atoms with Crippen LogP contribution in [0.4, 0.5) is 11.4 Å². The Labute approximate surface area is 464 Å². The number of hydrogen-bond donors (Lipinski definition) is 16. The molecule has 0 aromatic heterocycles. The number of rotatable bonds is 26. The van der Waals surface area contributed by atoms with Gasteiger partial charge in [-0.25, -0.2) is 0 Å². The van der Waals surface area contributed by atoms with Crippen molar-refractivity contribution in [3.05, 3.63) is 38.1 Å². The molecule has 0 fully saturated rings. The van der Waals surface area contributed by atoms with E-state index < -0.39 is 144 Å². The topological polar surface area (TPSA) is 392 Å². The van der Waals surface area contributed by atoms with Crippen molar-refractivity contribution in [1.82, 2.24) is 21.3 Å². The van der Waals surface area contributed by atoms with Gasteiger partial charge in [0.2, 0.25) is 11.8 Å². The van der Waals surface area contributed by atoms with Crippen LogP contribution in [0.2, 0.25) is 0 Å². The van der Waals surface area contributed by atoms with E-state index in [0.29, 0.717) is 0 Å². The minimum absolute atomic E-state index is 0.0136. The summed E-state index contributed by atoms with van der Waals surface area (Å²) in [6.45, 7) is -6.65. The molecular formula is C37H50I6N6O18. The molecule has 0 spiro atoms. The van der Waals surface area contributed by atoms with Gasteiger partial charge >= 0.3 is 0 Å². The summed E-state index contributed by atoms with van der Waals surface area (Å²) >= 11 is 10.5. The molecule has 16 N–H and O–H groups in total. The zero-order valence-electron chi connectivity index (χ0n) is 35.2. The van der Waals surface area contributed by atoms with Crippen LogP contribution in [-0.4, -0.2) is 213 Å². The van der Waals surface area contributed by atoms with Crippen LogP contribution in [-0.2, 0) is 9.59 Å². The van der Waals surface area contributed by atoms with Gasteiger partial charge in [0.1, 0.15) is 13.2 Å². The van der Waals surface area contributed by atoms with Crippen LogP contribution in [0.3, 0.4) is 0 Å². The molecule has 0 radical (unpaired) electrons. The first kappa shape index (κ1) is 62.6. The molecule has 0 saturated heterocycles. The third-order valence-electron chi connectivity index (χ3n) is 9.85. The molecule has 0 heterocycles. The van der Waals surface area contributed by atoms with Gasteiger partial charge in [0.25, 0.3) is 17.7 Å². The Morgan fingerprint density at radius 2 is 0.761 bits per heavy atom. The number of hydrogen-bond acceptors (Lipinski definition) is 19. The van der Waals surface area contributed by atoms with Crippen LogP contribution < -0.4 is 35.8 Å². The number of nitrogens with one attached hydrogen (secondary N) is 4. The molecule has 2 aromatic carbocycles. The number of nitrogens with zero attached hydrogens (tertiary/aromatic N) is 2. The molecular weight excluding hydrogens is 1580 g/mol. The Hall–Kier alpha value is -0.550. The number of amides is 5. The second-order valence-corrected chi connectivity index (χ2v) is 20.7. The number of aliphatic hydroxyl groups is 12. The second kappa shape index (κ2) is 29.8. The smallest absolute Gasteiger partial charge is 0.254 e. The van der Waals surface area contributed by atoms with Crippen LogP contribution in [0.15, 0.2) is 0 Å². The van der Waals surface area contributed by atoms with Crippen LogP contribution in [0.5, 0.6) is 5.75 Å². The Bertz CT molecular complexity index is 2020. The van der Waals surface area contributed by atoms with Crippen molar-refractivity contribution >= 4 is 176 Å². The molecule has 0 bridgehead atoms. The van der Waals surface area contributed by atoms with Gasteiger partial charge in [0.05, 0.1) is 147 Å². The fourth-order valence-corrected chi connectivity index (χ4v) is 15.3. The van der Waals surface area contributed by atoms with Crippen LogP contribution in [0.1, 0.15) is 37.5 Å². The first-order chi connectivity index (χ1) is 31.5. The first-order valence-corrected chi connectivity index (χ1v) is 25.8. The molecule has 5 amide bonds. The lowest BCUT2D eigenvalue weighted by Crippen LogP contribution is -2.49. The van der Waals surface area contributed by atoms with E-state index in [9.17, 15) is 85.3 Å². The van der Waals surface area contributed by atoms with E-state index in [1.54, 1.807) is 113 Å². The molecule has 24 nitrogen and oxygen atoms in total. The van der Waals surface area contributed by atoms with Gasteiger partial charge in [-0.05, 0) is 136 Å². The molecule has 0 aliphatic rings. The van der Waals surface area contributed by atoms with Gasteiger partial charge in [-0.1, -0.05) is 0 Å². The van der Waals surface area contributed by atoms with Gasteiger partial charge in [-0.3, -0.25) is 29.3 Å². The SMILES string of the molecule is CN(C(=O)CC(=O)N(C)c1c(I)c(C(=O)NC(CO)C(O)CO)c(I)c(C(=O)NC(CO)C(O)CO)c1I)c1c(I)c(OCNC(CO)C(O)CO)c(I)c(C(=O)NC(CO)C(O)CO)c1I. The Morgan fingerprint density at radius 3 is 1.07 bits per heavy atom. The Balaban J connectivity index is 2.80. The summed E-state index contributed by atoms with van der Waals surface area (Å²) in [5.74, 6) is -4.62. The number of carbonyl (C=O) groups is 5. The number of aliphatic hydroxyl groups excluding tert-OH is 12. The summed E-state index contributed by atoms with van der Waals surface area (Å²) in [6.07, 6.45) is -7.09. The lowest BCUT2D eigenvalue weighted by molar-refractivity contribution is -0.126. The predicted molar refractivity (Wildman–Crippen MR) is 288 cm³/mol. The number of carbonyl (C=O) groups excluding carboxylic acids is 5. The molecule has 67 heavy (non-hydrogen) atoms. The van der Waals surface area contributed by atoms with Gasteiger partial charge in [0, 0.05) is 17.7 Å². The fourth-order valence-electron chi connectivity index (χ4n) is 5.77. The van der Waals surface area contributed by atoms with E-state index >= 15 is 0 Å². The zero-order chi connectivity index (χ0) is 51.2. The van der Waals surface area contributed by atoms with Gasteiger partial charge in [-0.15, -0.1) is 0 Å². The number of ether oxygens (including phenoxy) is 1. The monoisotopic (exact) mass is 1630 g/mol. The highest BCUT2D eigenvalue weighted by molar-refractivity contribution is 14.1. The highest BCUT2D eigenvalue weighted by Crippen LogP contribution is 2.43. The average molecular weight is 1630 g/mol. The summed E-state index contributed by atoms with van der Waals surface area (Å²) < 4.78 is 6.50. The van der Waals surface area contributed by atoms with Crippen molar-refractivity contribution in [2.45, 2.75) is 55.0 Å². The molecule has 0 aliphatic carbocycles. The van der Waals surface area contributed by atoms with Crippen LogP contribution >= 0.6 is 136 Å². The van der Waals surface area contributed by atoms with E-state index in [2.05, 4.69) is 21.3 Å². The highest BCUT2D eigenvalue weighted by atomic mass is 127. The van der Waals surface area contributed by atoms with E-state index in [-0.39, 0.29) is 55.2 Å². The summed E-state index contributed by atoms with van der Waals surface area (Å²) in [6, 6.07) is -5.18. The Kier molecular flexibility index (Phi) is 27.9. The lowest BCUT2D eigenvalue weighted by atomic mass is 10.0. The fraction of sp³-hybridized carbons (Fsp3) is 0.541. The van der Waals surface area contributed by atoms with Crippen molar-refractivity contribution in [3.63, 3.8) is 0 Å². The largest absolute Gasteiger partial charge is 0.476 e. The molecule has 0 aliphatic heterocycles. The maximum atomic E-state index is 14.2. The summed E-state index contributed by atoms with van der Waals surface area (Å²) in [5, 5.41) is 128. The number of anilines is 2. The summed E-state index contributed by atoms with van der Waals surface area (Å²) in [5.41, 5.74) is -0.683. The van der Waals surface area contributed by atoms with Crippen LogP contribution in [0, 0.1) is 21.4 Å². The van der Waals surface area contributed by atoms with E-state index in [4.69, 9.17) is 4.74 Å². The normalized spacial score (nSPS) is 15.0. The zero-order valence-corrected chi connectivity index (χ0v) is 48.1. The maximum Gasteiger partial charge on any atom is 0.254 e. The minimum atomic E-state index is -1.61. The second-order valence-electron chi connectivity index (χ2n) is 14.2. The van der Waals surface area contributed by atoms with Gasteiger partial charge < -0.3 is 91.8 Å². The third kappa shape index (κ3) is 15.7. The molecule has 2 aromatic rings. The van der Waals surface area contributed by atoms with Crippen LogP contribution in [0.25, 0.3) is 0 Å². The maximum absolute atomic E-state index is 14.2. The quantitative estimate of drug-likeness (QED) is 0.0245. The van der Waals surface area contributed by atoms with E-state index in [1.807, 2.05) is 22.6 Å². The standard InChI is InChI=1S/C37H50I6N6O18/c1-48(32-27(39)23(35(64)45-14(5-51)18(59)9-55)26(38)24(28(32)40)36(65)46-15(6-52)19(60)10-56)21(62)3-22(63)49(2)33-29(41)25(37(66)47-16(7-53)20(61)11-57)30(42)34(31(33)43)67-12-44-13(4-50)17(58)8-54/h13-20,44,50-61H,3-12H2,1-2H3,(H,45,64)(H,46,65)(H,47,66). The van der Waals surface area contributed by atoms with Crippen molar-refractivity contribution in [2.75, 3.05) is 83.5 Å². The van der Waals surface area contributed by atoms with Crippen molar-refractivity contribution in [3.8, 4) is 5.75 Å². The van der Waals surface area contributed by atoms with Gasteiger partial charge in [-0.2, -0.15) is 0 Å².